The molecule has 3 heteroatoms. The van der Waals surface area contributed by atoms with E-state index in [1.165, 1.54) is 0 Å². The van der Waals surface area contributed by atoms with Crippen LogP contribution >= 0.6 is 0 Å². The third-order valence-corrected chi connectivity index (χ3v) is 1.80. The molecule has 1 heterocycles. The molecule has 3 N–H and O–H groups in total. The van der Waals surface area contributed by atoms with Crippen molar-refractivity contribution in [2.45, 2.75) is 19.1 Å². The minimum atomic E-state index is -0.575. The average Bonchev–Trinajstić information content (AvgIpc) is 1.83. The van der Waals surface area contributed by atoms with E-state index in [0.717, 1.165) is 6.54 Å². The van der Waals surface area contributed by atoms with Gasteiger partial charge in [-0.25, -0.2) is 0 Å². The second-order valence-corrected chi connectivity index (χ2v) is 2.69. The van der Waals surface area contributed by atoms with Crippen molar-refractivity contribution in [3.63, 3.8) is 0 Å². The number of aliphatic hydroxyl groups is 2. The Bertz CT molecular complexity index is 87.1. The van der Waals surface area contributed by atoms with Crippen LogP contribution in [0.15, 0.2) is 0 Å². The van der Waals surface area contributed by atoms with E-state index in [0.29, 0.717) is 6.54 Å². The first-order valence-electron chi connectivity index (χ1n) is 3.28. The SMILES string of the molecule is C[C@H]1CNC[C@@H](O)[C@@H]1O. The van der Waals surface area contributed by atoms with Gasteiger partial charge < -0.3 is 15.5 Å². The van der Waals surface area contributed by atoms with Gasteiger partial charge in [-0.05, 0) is 5.92 Å². The molecule has 3 nitrogen and oxygen atoms in total. The van der Waals surface area contributed by atoms with Crippen LogP contribution in [0.2, 0.25) is 0 Å². The van der Waals surface area contributed by atoms with Gasteiger partial charge in [0.05, 0.1) is 12.2 Å². The van der Waals surface area contributed by atoms with E-state index < -0.39 is 12.2 Å². The largest absolute Gasteiger partial charge is 0.390 e. The maximum Gasteiger partial charge on any atom is 0.0926 e. The van der Waals surface area contributed by atoms with Gasteiger partial charge in [0.25, 0.3) is 0 Å². The summed E-state index contributed by atoms with van der Waals surface area (Å²) in [7, 11) is 0. The number of hydrogen-bond donors (Lipinski definition) is 3. The molecule has 0 saturated carbocycles. The Hall–Kier alpha value is -0.120. The summed E-state index contributed by atoms with van der Waals surface area (Å²) in [4.78, 5) is 0. The fraction of sp³-hybridized carbons (Fsp3) is 1.00. The zero-order valence-corrected chi connectivity index (χ0v) is 5.54. The molecular weight excluding hydrogens is 118 g/mol. The van der Waals surface area contributed by atoms with E-state index in [9.17, 15) is 0 Å². The Balaban J connectivity index is 2.41. The van der Waals surface area contributed by atoms with Crippen molar-refractivity contribution in [2.24, 2.45) is 5.92 Å². The normalized spacial score (nSPS) is 45.0. The maximum atomic E-state index is 9.16. The highest BCUT2D eigenvalue weighted by molar-refractivity contribution is 4.81. The van der Waals surface area contributed by atoms with Crippen LogP contribution in [0, 0.1) is 5.92 Å². The first-order valence-corrected chi connectivity index (χ1v) is 3.28. The third-order valence-electron chi connectivity index (χ3n) is 1.80. The number of piperidine rings is 1. The fourth-order valence-electron chi connectivity index (χ4n) is 1.08. The first-order chi connectivity index (χ1) is 4.22. The van der Waals surface area contributed by atoms with Gasteiger partial charge in [-0.2, -0.15) is 0 Å². The van der Waals surface area contributed by atoms with Gasteiger partial charge in [-0.15, -0.1) is 0 Å². The lowest BCUT2D eigenvalue weighted by molar-refractivity contribution is -0.0295. The van der Waals surface area contributed by atoms with Crippen LogP contribution in [0.4, 0.5) is 0 Å². The van der Waals surface area contributed by atoms with E-state index in [1.54, 1.807) is 0 Å². The molecule has 0 aromatic carbocycles. The fourth-order valence-corrected chi connectivity index (χ4v) is 1.08. The molecular formula is C6H13NO2. The molecule has 0 aliphatic carbocycles. The minimum absolute atomic E-state index is 0.175. The lowest BCUT2D eigenvalue weighted by Gasteiger charge is -2.29. The smallest absolute Gasteiger partial charge is 0.0926 e. The Morgan fingerprint density at radius 2 is 2.00 bits per heavy atom. The molecule has 9 heavy (non-hydrogen) atoms. The lowest BCUT2D eigenvalue weighted by atomic mass is 9.96. The highest BCUT2D eigenvalue weighted by atomic mass is 16.3. The van der Waals surface area contributed by atoms with Crippen LogP contribution < -0.4 is 5.32 Å². The van der Waals surface area contributed by atoms with Crippen LogP contribution in [0.5, 0.6) is 0 Å². The average molecular weight is 131 g/mol. The predicted molar refractivity (Wildman–Crippen MR) is 34.0 cm³/mol. The lowest BCUT2D eigenvalue weighted by Crippen LogP contribution is -2.49. The van der Waals surface area contributed by atoms with Crippen molar-refractivity contribution < 1.29 is 10.2 Å². The van der Waals surface area contributed by atoms with E-state index in [4.69, 9.17) is 10.2 Å². The summed E-state index contributed by atoms with van der Waals surface area (Å²) in [5.41, 5.74) is 0. The molecule has 0 aromatic rings. The molecule has 0 spiro atoms. The summed E-state index contributed by atoms with van der Waals surface area (Å²) in [6.07, 6.45) is -1.11. The number of hydrogen-bond acceptors (Lipinski definition) is 3. The second-order valence-electron chi connectivity index (χ2n) is 2.69. The predicted octanol–water partition coefficient (Wildman–Crippen LogP) is -1.05. The van der Waals surface area contributed by atoms with Gasteiger partial charge in [0.1, 0.15) is 0 Å². The summed E-state index contributed by atoms with van der Waals surface area (Å²) in [5, 5.41) is 21.2. The van der Waals surface area contributed by atoms with Crippen LogP contribution in [0.25, 0.3) is 0 Å². The van der Waals surface area contributed by atoms with Gasteiger partial charge in [0.2, 0.25) is 0 Å². The molecule has 1 rings (SSSR count). The van der Waals surface area contributed by atoms with Gasteiger partial charge in [-0.1, -0.05) is 6.92 Å². The summed E-state index contributed by atoms with van der Waals surface area (Å²) in [5.74, 6) is 0.175. The Morgan fingerprint density at radius 1 is 1.33 bits per heavy atom. The van der Waals surface area contributed by atoms with Crippen LogP contribution in [0.1, 0.15) is 6.92 Å². The van der Waals surface area contributed by atoms with Crippen molar-refractivity contribution in [3.8, 4) is 0 Å². The van der Waals surface area contributed by atoms with Gasteiger partial charge in [0, 0.05) is 13.1 Å². The summed E-state index contributed by atoms with van der Waals surface area (Å²) in [6.45, 7) is 3.24. The Kier molecular flexibility index (Phi) is 2.05. The summed E-state index contributed by atoms with van der Waals surface area (Å²) >= 11 is 0. The van der Waals surface area contributed by atoms with E-state index >= 15 is 0 Å². The zero-order valence-electron chi connectivity index (χ0n) is 5.54. The standard InChI is InChI=1S/C6H13NO2/c1-4-2-7-3-5(8)6(4)9/h4-9H,2-3H2,1H3/t4-,5+,6+/m0/s1. The first kappa shape index (κ1) is 6.99. The second kappa shape index (κ2) is 2.64. The molecule has 1 aliphatic heterocycles. The van der Waals surface area contributed by atoms with Crippen LogP contribution in [-0.2, 0) is 0 Å². The number of rotatable bonds is 0. The summed E-state index contributed by atoms with van der Waals surface area (Å²) in [6, 6.07) is 0. The topological polar surface area (TPSA) is 52.5 Å². The highest BCUT2D eigenvalue weighted by Gasteiger charge is 2.26. The van der Waals surface area contributed by atoms with Crippen LogP contribution in [0.3, 0.4) is 0 Å². The highest BCUT2D eigenvalue weighted by Crippen LogP contribution is 2.09. The Labute approximate surface area is 54.7 Å². The van der Waals surface area contributed by atoms with Crippen LogP contribution in [-0.4, -0.2) is 35.5 Å². The molecule has 0 unspecified atom stereocenters. The van der Waals surface area contributed by atoms with Gasteiger partial charge >= 0.3 is 0 Å². The number of β-amino-alcohol motifs (C(OH)–C–C–N with tert-alkyl or cyclic N) is 1. The molecule has 3 atom stereocenters. The van der Waals surface area contributed by atoms with Crippen molar-refractivity contribution >= 4 is 0 Å². The third kappa shape index (κ3) is 1.41. The van der Waals surface area contributed by atoms with Crippen molar-refractivity contribution in [3.05, 3.63) is 0 Å². The monoisotopic (exact) mass is 131 g/mol. The van der Waals surface area contributed by atoms with Crippen molar-refractivity contribution in [1.82, 2.24) is 5.32 Å². The molecule has 1 saturated heterocycles. The number of nitrogens with one attached hydrogen (secondary N) is 1. The molecule has 0 radical (unpaired) electrons. The van der Waals surface area contributed by atoms with Gasteiger partial charge in [-0.3, -0.25) is 0 Å². The molecule has 54 valence electrons. The zero-order chi connectivity index (χ0) is 6.85. The van der Waals surface area contributed by atoms with Gasteiger partial charge in [0.15, 0.2) is 0 Å². The van der Waals surface area contributed by atoms with E-state index in [2.05, 4.69) is 5.32 Å². The Morgan fingerprint density at radius 3 is 2.44 bits per heavy atom. The van der Waals surface area contributed by atoms with E-state index in [1.807, 2.05) is 6.92 Å². The summed E-state index contributed by atoms with van der Waals surface area (Å²) < 4.78 is 0. The molecule has 0 aromatic heterocycles. The molecule has 0 bridgehead atoms. The molecule has 1 fully saturated rings. The van der Waals surface area contributed by atoms with Crippen molar-refractivity contribution in [2.75, 3.05) is 13.1 Å². The van der Waals surface area contributed by atoms with E-state index in [-0.39, 0.29) is 5.92 Å². The number of aliphatic hydroxyl groups excluding tert-OH is 2. The van der Waals surface area contributed by atoms with Crippen molar-refractivity contribution in [1.29, 1.82) is 0 Å². The maximum absolute atomic E-state index is 9.16. The minimum Gasteiger partial charge on any atom is -0.390 e. The quantitative estimate of drug-likeness (QED) is 0.393. The molecule has 1 aliphatic rings. The molecule has 0 amide bonds.